The van der Waals surface area contributed by atoms with Crippen molar-refractivity contribution in [3.8, 4) is 5.75 Å². The summed E-state index contributed by atoms with van der Waals surface area (Å²) in [7, 11) is 0. The van der Waals surface area contributed by atoms with Gasteiger partial charge < -0.3 is 20.7 Å². The van der Waals surface area contributed by atoms with Gasteiger partial charge in [-0.15, -0.1) is 0 Å². The van der Waals surface area contributed by atoms with Crippen LogP contribution < -0.4 is 15.8 Å². The lowest BCUT2D eigenvalue weighted by Gasteiger charge is -2.41. The molecule has 1 unspecified atom stereocenters. The lowest BCUT2D eigenvalue weighted by atomic mass is 9.66. The predicted molar refractivity (Wildman–Crippen MR) is 84.4 cm³/mol. The number of benzene rings is 1. The lowest BCUT2D eigenvalue weighted by Crippen LogP contribution is -2.45. The Balaban J connectivity index is 1.59. The van der Waals surface area contributed by atoms with Crippen LogP contribution in [0.3, 0.4) is 0 Å². The Hall–Kier alpha value is -2.08. The van der Waals surface area contributed by atoms with Gasteiger partial charge in [0.1, 0.15) is 12.4 Å². The van der Waals surface area contributed by atoms with Gasteiger partial charge in [0.25, 0.3) is 11.8 Å². The standard InChI is InChI=1S/C17H21N3O3/c18-14-9-20(10-17(14)4-1-5-17)16(22)11-2-3-13-12(8-11)15(21)19-6-7-23-13/h2-3,8,14H,1,4-7,9-10,18H2,(H,19,21). The van der Waals surface area contributed by atoms with Crippen LogP contribution in [-0.4, -0.2) is 49.0 Å². The van der Waals surface area contributed by atoms with Crippen LogP contribution in [0.5, 0.6) is 5.75 Å². The SMILES string of the molecule is NC1CN(C(=O)c2ccc3c(c2)C(=O)NCCO3)CC12CCC2. The largest absolute Gasteiger partial charge is 0.491 e. The molecule has 6 heteroatoms. The topological polar surface area (TPSA) is 84.7 Å². The predicted octanol–water partition coefficient (Wildman–Crippen LogP) is 0.762. The third-order valence-corrected chi connectivity index (χ3v) is 5.46. The molecule has 2 amide bonds. The summed E-state index contributed by atoms with van der Waals surface area (Å²) in [6.07, 6.45) is 3.42. The summed E-state index contributed by atoms with van der Waals surface area (Å²) < 4.78 is 5.53. The maximum Gasteiger partial charge on any atom is 0.255 e. The van der Waals surface area contributed by atoms with Crippen molar-refractivity contribution in [1.82, 2.24) is 10.2 Å². The van der Waals surface area contributed by atoms with Gasteiger partial charge in [-0.1, -0.05) is 6.42 Å². The minimum absolute atomic E-state index is 0.0518. The number of amides is 2. The van der Waals surface area contributed by atoms with Gasteiger partial charge in [0, 0.05) is 30.1 Å². The van der Waals surface area contributed by atoms with E-state index in [9.17, 15) is 9.59 Å². The summed E-state index contributed by atoms with van der Waals surface area (Å²) in [5, 5.41) is 2.77. The molecule has 1 aromatic carbocycles. The number of likely N-dealkylation sites (tertiary alicyclic amines) is 1. The van der Waals surface area contributed by atoms with Crippen LogP contribution in [0.15, 0.2) is 18.2 Å². The molecule has 122 valence electrons. The molecule has 3 N–H and O–H groups in total. The quantitative estimate of drug-likeness (QED) is 0.801. The van der Waals surface area contributed by atoms with Crippen LogP contribution in [0.4, 0.5) is 0 Å². The zero-order chi connectivity index (χ0) is 16.0. The van der Waals surface area contributed by atoms with E-state index in [0.29, 0.717) is 36.6 Å². The summed E-state index contributed by atoms with van der Waals surface area (Å²) in [6.45, 7) is 2.24. The van der Waals surface area contributed by atoms with E-state index in [-0.39, 0.29) is 23.3 Å². The Morgan fingerprint density at radius 3 is 2.91 bits per heavy atom. The minimum Gasteiger partial charge on any atom is -0.491 e. The first kappa shape index (κ1) is 14.5. The number of carbonyl (C=O) groups is 2. The van der Waals surface area contributed by atoms with Crippen molar-refractivity contribution in [2.75, 3.05) is 26.2 Å². The van der Waals surface area contributed by atoms with E-state index in [1.165, 1.54) is 6.42 Å². The van der Waals surface area contributed by atoms with Gasteiger partial charge in [-0.05, 0) is 31.0 Å². The molecule has 23 heavy (non-hydrogen) atoms. The Morgan fingerprint density at radius 1 is 1.39 bits per heavy atom. The normalized spacial score (nSPS) is 25.2. The summed E-state index contributed by atoms with van der Waals surface area (Å²) in [6, 6.07) is 5.14. The van der Waals surface area contributed by atoms with Gasteiger partial charge in [0.05, 0.1) is 12.1 Å². The number of hydrogen-bond donors (Lipinski definition) is 2. The van der Waals surface area contributed by atoms with Crippen LogP contribution in [0.1, 0.15) is 40.0 Å². The summed E-state index contributed by atoms with van der Waals surface area (Å²) in [4.78, 5) is 26.7. The van der Waals surface area contributed by atoms with E-state index in [4.69, 9.17) is 10.5 Å². The second-order valence-electron chi connectivity index (χ2n) is 6.82. The van der Waals surface area contributed by atoms with Crippen molar-refractivity contribution in [1.29, 1.82) is 0 Å². The second kappa shape index (κ2) is 5.23. The molecule has 2 aliphatic heterocycles. The molecule has 1 aliphatic carbocycles. The highest BCUT2D eigenvalue weighted by Crippen LogP contribution is 2.47. The summed E-state index contributed by atoms with van der Waals surface area (Å²) >= 11 is 0. The molecule has 0 aromatic heterocycles. The maximum absolute atomic E-state index is 12.8. The number of nitrogens with one attached hydrogen (secondary N) is 1. The molecular weight excluding hydrogens is 294 g/mol. The zero-order valence-electron chi connectivity index (χ0n) is 13.0. The van der Waals surface area contributed by atoms with Gasteiger partial charge in [0.15, 0.2) is 0 Å². The van der Waals surface area contributed by atoms with Crippen molar-refractivity contribution < 1.29 is 14.3 Å². The van der Waals surface area contributed by atoms with Crippen molar-refractivity contribution in [3.05, 3.63) is 29.3 Å². The number of nitrogens with two attached hydrogens (primary N) is 1. The molecule has 2 fully saturated rings. The Morgan fingerprint density at radius 2 is 2.22 bits per heavy atom. The third kappa shape index (κ3) is 2.28. The van der Waals surface area contributed by atoms with E-state index < -0.39 is 0 Å². The maximum atomic E-state index is 12.8. The van der Waals surface area contributed by atoms with E-state index in [0.717, 1.165) is 19.4 Å². The molecular formula is C17H21N3O3. The highest BCUT2D eigenvalue weighted by Gasteiger charge is 2.49. The van der Waals surface area contributed by atoms with Gasteiger partial charge in [-0.3, -0.25) is 9.59 Å². The average Bonchev–Trinajstić information content (AvgIpc) is 2.77. The van der Waals surface area contributed by atoms with E-state index in [2.05, 4.69) is 5.32 Å². The highest BCUT2D eigenvalue weighted by atomic mass is 16.5. The van der Waals surface area contributed by atoms with Crippen LogP contribution in [0, 0.1) is 5.41 Å². The fourth-order valence-corrected chi connectivity index (χ4v) is 3.88. The van der Waals surface area contributed by atoms with Crippen molar-refractivity contribution in [2.24, 2.45) is 11.1 Å². The first-order valence-corrected chi connectivity index (χ1v) is 8.19. The summed E-state index contributed by atoms with van der Waals surface area (Å²) in [5.74, 6) is 0.287. The molecule has 1 spiro atoms. The fraction of sp³-hybridized carbons (Fsp3) is 0.529. The van der Waals surface area contributed by atoms with Gasteiger partial charge in [0.2, 0.25) is 0 Å². The van der Waals surface area contributed by atoms with Crippen LogP contribution >= 0.6 is 0 Å². The molecule has 3 aliphatic rings. The third-order valence-electron chi connectivity index (χ3n) is 5.46. The average molecular weight is 315 g/mol. The Labute approximate surface area is 135 Å². The van der Waals surface area contributed by atoms with Gasteiger partial charge >= 0.3 is 0 Å². The van der Waals surface area contributed by atoms with E-state index in [1.54, 1.807) is 18.2 Å². The zero-order valence-corrected chi connectivity index (χ0v) is 13.0. The monoisotopic (exact) mass is 315 g/mol. The van der Waals surface area contributed by atoms with E-state index in [1.807, 2.05) is 4.90 Å². The number of nitrogens with zero attached hydrogens (tertiary/aromatic N) is 1. The first-order valence-electron chi connectivity index (χ1n) is 8.19. The van der Waals surface area contributed by atoms with Crippen LogP contribution in [0.25, 0.3) is 0 Å². The number of hydrogen-bond acceptors (Lipinski definition) is 4. The van der Waals surface area contributed by atoms with Crippen LogP contribution in [0.2, 0.25) is 0 Å². The fourth-order valence-electron chi connectivity index (χ4n) is 3.88. The molecule has 1 saturated carbocycles. The number of carbonyl (C=O) groups excluding carboxylic acids is 2. The van der Waals surface area contributed by atoms with Gasteiger partial charge in [-0.25, -0.2) is 0 Å². The van der Waals surface area contributed by atoms with Crippen molar-refractivity contribution >= 4 is 11.8 Å². The molecule has 1 saturated heterocycles. The van der Waals surface area contributed by atoms with Crippen molar-refractivity contribution in [3.63, 3.8) is 0 Å². The molecule has 1 atom stereocenters. The molecule has 2 heterocycles. The van der Waals surface area contributed by atoms with Crippen LogP contribution in [-0.2, 0) is 0 Å². The molecule has 6 nitrogen and oxygen atoms in total. The Bertz CT molecular complexity index is 669. The smallest absolute Gasteiger partial charge is 0.255 e. The highest BCUT2D eigenvalue weighted by molar-refractivity contribution is 6.01. The van der Waals surface area contributed by atoms with Gasteiger partial charge in [-0.2, -0.15) is 0 Å². The molecule has 0 radical (unpaired) electrons. The molecule has 4 rings (SSSR count). The first-order chi connectivity index (χ1) is 11.1. The molecule has 1 aromatic rings. The minimum atomic E-state index is -0.194. The Kier molecular flexibility index (Phi) is 3.30. The lowest BCUT2D eigenvalue weighted by molar-refractivity contribution is 0.0726. The summed E-state index contributed by atoms with van der Waals surface area (Å²) in [5.41, 5.74) is 7.33. The van der Waals surface area contributed by atoms with E-state index >= 15 is 0 Å². The number of ether oxygens (including phenoxy) is 1. The number of fused-ring (bicyclic) bond motifs is 1. The van der Waals surface area contributed by atoms with Crippen molar-refractivity contribution in [2.45, 2.75) is 25.3 Å². The molecule has 0 bridgehead atoms. The second-order valence-corrected chi connectivity index (χ2v) is 6.82. The number of rotatable bonds is 1.